The zero-order chi connectivity index (χ0) is 23.5. The number of amides is 2. The highest BCUT2D eigenvalue weighted by Gasteiger charge is 2.35. The molecule has 2 atom stereocenters. The van der Waals surface area contributed by atoms with Gasteiger partial charge < -0.3 is 5.32 Å². The molecule has 0 saturated carbocycles. The van der Waals surface area contributed by atoms with Crippen LogP contribution in [0.25, 0.3) is 0 Å². The van der Waals surface area contributed by atoms with Gasteiger partial charge in [-0.1, -0.05) is 18.2 Å². The number of benzene rings is 1. The molecule has 0 bridgehead atoms. The lowest BCUT2D eigenvalue weighted by Crippen LogP contribution is -2.47. The molecule has 1 aliphatic heterocycles. The van der Waals surface area contributed by atoms with Crippen molar-refractivity contribution in [1.29, 1.82) is 0 Å². The SMILES string of the molecule is C#CC[C@H]1C[C@@H](NC(=O)c2nn(Cc3ccc(F)cc3)cc2F)C(=O)N(C)c2ncccc21. The average Bonchev–Trinajstić information content (AvgIpc) is 3.14. The van der Waals surface area contributed by atoms with Crippen molar-refractivity contribution in [2.24, 2.45) is 0 Å². The quantitative estimate of drug-likeness (QED) is 0.608. The lowest BCUT2D eigenvalue weighted by atomic mass is 9.91. The first-order valence-corrected chi connectivity index (χ1v) is 10.3. The molecule has 1 N–H and O–H groups in total. The van der Waals surface area contributed by atoms with E-state index in [1.54, 1.807) is 31.4 Å². The first-order valence-electron chi connectivity index (χ1n) is 10.3. The molecule has 0 unspecified atom stereocenters. The minimum Gasteiger partial charge on any atom is -0.339 e. The zero-order valence-electron chi connectivity index (χ0n) is 17.8. The highest BCUT2D eigenvalue weighted by molar-refractivity contribution is 6.02. The predicted molar refractivity (Wildman–Crippen MR) is 117 cm³/mol. The Morgan fingerprint density at radius 2 is 2.03 bits per heavy atom. The third kappa shape index (κ3) is 4.60. The van der Waals surface area contributed by atoms with Crippen LogP contribution in [0.15, 0.2) is 48.8 Å². The second-order valence-corrected chi connectivity index (χ2v) is 7.83. The van der Waals surface area contributed by atoms with Gasteiger partial charge >= 0.3 is 0 Å². The van der Waals surface area contributed by atoms with Crippen LogP contribution in [0, 0.1) is 24.0 Å². The van der Waals surface area contributed by atoms with Gasteiger partial charge in [0.05, 0.1) is 12.7 Å². The van der Waals surface area contributed by atoms with Gasteiger partial charge in [0.15, 0.2) is 11.5 Å². The third-order valence-corrected chi connectivity index (χ3v) is 5.58. The number of hydrogen-bond acceptors (Lipinski definition) is 4. The number of hydrogen-bond donors (Lipinski definition) is 1. The van der Waals surface area contributed by atoms with Crippen LogP contribution in [-0.4, -0.2) is 39.7 Å². The molecule has 168 valence electrons. The monoisotopic (exact) mass is 449 g/mol. The van der Waals surface area contributed by atoms with E-state index in [-0.39, 0.29) is 30.6 Å². The van der Waals surface area contributed by atoms with Gasteiger partial charge in [-0.25, -0.2) is 13.8 Å². The topological polar surface area (TPSA) is 80.1 Å². The molecule has 3 heterocycles. The molecular weight excluding hydrogens is 428 g/mol. The number of aromatic nitrogens is 3. The lowest BCUT2D eigenvalue weighted by Gasteiger charge is -2.21. The van der Waals surface area contributed by atoms with Crippen LogP contribution in [0.4, 0.5) is 14.6 Å². The maximum Gasteiger partial charge on any atom is 0.275 e. The number of nitrogens with one attached hydrogen (secondary N) is 1. The molecule has 4 rings (SSSR count). The molecular formula is C24H21F2N5O2. The number of nitrogens with zero attached hydrogens (tertiary/aromatic N) is 4. The molecule has 0 radical (unpaired) electrons. The second-order valence-electron chi connectivity index (χ2n) is 7.83. The van der Waals surface area contributed by atoms with Gasteiger partial charge in [-0.15, -0.1) is 12.3 Å². The summed E-state index contributed by atoms with van der Waals surface area (Å²) < 4.78 is 28.9. The molecule has 0 fully saturated rings. The highest BCUT2D eigenvalue weighted by Crippen LogP contribution is 2.34. The number of carbonyl (C=O) groups excluding carboxylic acids is 2. The Labute approximate surface area is 189 Å². The fourth-order valence-electron chi connectivity index (χ4n) is 3.95. The smallest absolute Gasteiger partial charge is 0.275 e. The van der Waals surface area contributed by atoms with Crippen molar-refractivity contribution in [3.05, 3.63) is 77.2 Å². The summed E-state index contributed by atoms with van der Waals surface area (Å²) >= 11 is 0. The molecule has 1 aromatic carbocycles. The number of pyridine rings is 1. The Bertz CT molecular complexity index is 1230. The average molecular weight is 449 g/mol. The van der Waals surface area contributed by atoms with E-state index in [1.807, 2.05) is 6.07 Å². The van der Waals surface area contributed by atoms with Gasteiger partial charge in [0.2, 0.25) is 5.91 Å². The molecule has 2 aromatic heterocycles. The van der Waals surface area contributed by atoms with Crippen LogP contribution >= 0.6 is 0 Å². The summed E-state index contributed by atoms with van der Waals surface area (Å²) in [6, 6.07) is 8.36. The number of rotatable bonds is 5. The molecule has 7 nitrogen and oxygen atoms in total. The molecule has 2 amide bonds. The Morgan fingerprint density at radius 3 is 2.76 bits per heavy atom. The van der Waals surface area contributed by atoms with Gasteiger partial charge in [-0.05, 0) is 35.7 Å². The Kier molecular flexibility index (Phi) is 6.18. The molecule has 9 heteroatoms. The molecule has 0 spiro atoms. The van der Waals surface area contributed by atoms with Gasteiger partial charge in [-0.2, -0.15) is 5.10 Å². The normalized spacial score (nSPS) is 17.8. The number of likely N-dealkylation sites (N-methyl/N-ethyl adjacent to an activating group) is 1. The first kappa shape index (κ1) is 22.1. The van der Waals surface area contributed by atoms with E-state index in [0.717, 1.165) is 11.8 Å². The summed E-state index contributed by atoms with van der Waals surface area (Å²) in [5.41, 5.74) is 1.08. The minimum absolute atomic E-state index is 0.154. The van der Waals surface area contributed by atoms with Gasteiger partial charge in [0.1, 0.15) is 17.7 Å². The number of fused-ring (bicyclic) bond motifs is 1. The summed E-state index contributed by atoms with van der Waals surface area (Å²) in [7, 11) is 1.57. The fourth-order valence-corrected chi connectivity index (χ4v) is 3.95. The summed E-state index contributed by atoms with van der Waals surface area (Å²) in [6.07, 6.45) is 8.79. The molecule has 0 aliphatic carbocycles. The highest BCUT2D eigenvalue weighted by atomic mass is 19.1. The van der Waals surface area contributed by atoms with Crippen LogP contribution in [0.5, 0.6) is 0 Å². The van der Waals surface area contributed by atoms with E-state index in [4.69, 9.17) is 6.42 Å². The van der Waals surface area contributed by atoms with Crippen molar-refractivity contribution < 1.29 is 18.4 Å². The molecule has 33 heavy (non-hydrogen) atoms. The second kappa shape index (κ2) is 9.20. The number of anilines is 1. The van der Waals surface area contributed by atoms with E-state index in [2.05, 4.69) is 21.3 Å². The van der Waals surface area contributed by atoms with E-state index in [0.29, 0.717) is 17.8 Å². The largest absolute Gasteiger partial charge is 0.339 e. The van der Waals surface area contributed by atoms with Crippen molar-refractivity contribution in [3.63, 3.8) is 0 Å². The predicted octanol–water partition coefficient (Wildman–Crippen LogP) is 2.88. The summed E-state index contributed by atoms with van der Waals surface area (Å²) in [5, 5.41) is 6.63. The van der Waals surface area contributed by atoms with Gasteiger partial charge in [0.25, 0.3) is 5.91 Å². The van der Waals surface area contributed by atoms with Gasteiger partial charge in [0, 0.05) is 25.6 Å². The van der Waals surface area contributed by atoms with Crippen LogP contribution < -0.4 is 10.2 Å². The Morgan fingerprint density at radius 1 is 1.27 bits per heavy atom. The van der Waals surface area contributed by atoms with Crippen LogP contribution in [0.2, 0.25) is 0 Å². The van der Waals surface area contributed by atoms with Crippen LogP contribution in [0.3, 0.4) is 0 Å². The number of halogens is 2. The van der Waals surface area contributed by atoms with E-state index in [1.165, 1.54) is 21.7 Å². The van der Waals surface area contributed by atoms with E-state index >= 15 is 0 Å². The zero-order valence-corrected chi connectivity index (χ0v) is 17.8. The summed E-state index contributed by atoms with van der Waals surface area (Å²) in [4.78, 5) is 31.6. The van der Waals surface area contributed by atoms with E-state index in [9.17, 15) is 18.4 Å². The molecule has 0 saturated heterocycles. The summed E-state index contributed by atoms with van der Waals surface area (Å²) in [5.74, 6) is 0.482. The van der Waals surface area contributed by atoms with Crippen molar-refractivity contribution in [2.75, 3.05) is 11.9 Å². The van der Waals surface area contributed by atoms with Crippen molar-refractivity contribution in [3.8, 4) is 12.3 Å². The molecule has 3 aromatic rings. The number of carbonyl (C=O) groups is 2. The maximum atomic E-state index is 14.5. The van der Waals surface area contributed by atoms with Crippen LogP contribution in [0.1, 0.15) is 40.4 Å². The molecule has 1 aliphatic rings. The standard InChI is InChI=1S/C24H21F2N5O2/c1-3-5-16-12-20(24(33)30(2)22-18(16)6-4-11-27-22)28-23(32)21-19(26)14-31(29-21)13-15-7-9-17(25)10-8-15/h1,4,6-11,14,16,20H,5,12-13H2,2H3,(H,28,32)/t16-,20+/m0/s1. The fraction of sp³-hybridized carbons (Fsp3) is 0.250. The van der Waals surface area contributed by atoms with Crippen molar-refractivity contribution in [1.82, 2.24) is 20.1 Å². The first-order chi connectivity index (χ1) is 15.9. The lowest BCUT2D eigenvalue weighted by molar-refractivity contribution is -0.120. The summed E-state index contributed by atoms with van der Waals surface area (Å²) in [6.45, 7) is 0.154. The van der Waals surface area contributed by atoms with Crippen molar-refractivity contribution >= 4 is 17.6 Å². The van der Waals surface area contributed by atoms with E-state index < -0.39 is 23.5 Å². The minimum atomic E-state index is -0.934. The number of terminal acetylenes is 1. The Hall–Kier alpha value is -4.06. The maximum absolute atomic E-state index is 14.5. The van der Waals surface area contributed by atoms with Crippen LogP contribution in [-0.2, 0) is 11.3 Å². The van der Waals surface area contributed by atoms with Crippen molar-refractivity contribution in [2.45, 2.75) is 31.3 Å². The Balaban J connectivity index is 1.54. The van der Waals surface area contributed by atoms with Gasteiger partial charge in [-0.3, -0.25) is 19.2 Å². The third-order valence-electron chi connectivity index (χ3n) is 5.58.